The first-order valence-electron chi connectivity index (χ1n) is 3.74. The summed E-state index contributed by atoms with van der Waals surface area (Å²) in [4.78, 5) is 15.1. The molecule has 0 fully saturated rings. The van der Waals surface area contributed by atoms with Gasteiger partial charge in [0.1, 0.15) is 5.82 Å². The summed E-state index contributed by atoms with van der Waals surface area (Å²) in [5, 5.41) is 2.63. The minimum Gasteiger partial charge on any atom is -0.310 e. The van der Waals surface area contributed by atoms with E-state index in [4.69, 9.17) is 0 Å². The Labute approximate surface area is 85.0 Å². The number of amides is 1. The summed E-state index contributed by atoms with van der Waals surface area (Å²) in [6, 6.07) is 3.54. The van der Waals surface area contributed by atoms with Gasteiger partial charge in [0.15, 0.2) is 0 Å². The molecule has 0 aliphatic rings. The fourth-order valence-electron chi connectivity index (χ4n) is 0.775. The zero-order valence-electron chi connectivity index (χ0n) is 6.96. The van der Waals surface area contributed by atoms with Crippen molar-refractivity contribution in [1.82, 2.24) is 4.98 Å². The Morgan fingerprint density at radius 3 is 3.00 bits per heavy atom. The third-order valence-electron chi connectivity index (χ3n) is 1.32. The van der Waals surface area contributed by atoms with Gasteiger partial charge < -0.3 is 5.32 Å². The van der Waals surface area contributed by atoms with Crippen LogP contribution in [0.1, 0.15) is 6.42 Å². The van der Waals surface area contributed by atoms with E-state index < -0.39 is 0 Å². The predicted molar refractivity (Wildman–Crippen MR) is 55.4 cm³/mol. The number of rotatable bonds is 3. The standard InChI is InChI=1S/C9H9BrN2O/c1-2-3-9(13)12-8-5-4-7(10)6-11-8/h2,4-6H,1,3H2,(H,11,12,13). The van der Waals surface area contributed by atoms with E-state index in [-0.39, 0.29) is 5.91 Å². The molecular weight excluding hydrogens is 232 g/mol. The lowest BCUT2D eigenvalue weighted by Gasteiger charge is -2.01. The highest BCUT2D eigenvalue weighted by molar-refractivity contribution is 9.10. The van der Waals surface area contributed by atoms with Gasteiger partial charge in [-0.1, -0.05) is 6.08 Å². The molecule has 4 heteroatoms. The van der Waals surface area contributed by atoms with Crippen molar-refractivity contribution in [3.63, 3.8) is 0 Å². The van der Waals surface area contributed by atoms with E-state index in [2.05, 4.69) is 32.8 Å². The lowest BCUT2D eigenvalue weighted by atomic mass is 10.4. The zero-order valence-corrected chi connectivity index (χ0v) is 8.54. The molecule has 0 atom stereocenters. The van der Waals surface area contributed by atoms with Crippen molar-refractivity contribution in [2.24, 2.45) is 0 Å². The van der Waals surface area contributed by atoms with Crippen molar-refractivity contribution in [3.05, 3.63) is 35.5 Å². The number of hydrogen-bond donors (Lipinski definition) is 1. The highest BCUT2D eigenvalue weighted by Crippen LogP contribution is 2.10. The zero-order chi connectivity index (χ0) is 9.68. The van der Waals surface area contributed by atoms with Crippen molar-refractivity contribution in [2.45, 2.75) is 6.42 Å². The lowest BCUT2D eigenvalue weighted by Crippen LogP contribution is -2.10. The van der Waals surface area contributed by atoms with E-state index in [1.165, 1.54) is 0 Å². The van der Waals surface area contributed by atoms with E-state index in [9.17, 15) is 4.79 Å². The lowest BCUT2D eigenvalue weighted by molar-refractivity contribution is -0.115. The Kier molecular flexibility index (Phi) is 3.64. The molecular formula is C9H9BrN2O. The van der Waals surface area contributed by atoms with Gasteiger partial charge in [0.25, 0.3) is 0 Å². The van der Waals surface area contributed by atoms with Gasteiger partial charge in [-0.05, 0) is 28.1 Å². The largest absolute Gasteiger partial charge is 0.310 e. The normalized spacial score (nSPS) is 9.31. The molecule has 0 bridgehead atoms. The van der Waals surface area contributed by atoms with Crippen LogP contribution in [0.15, 0.2) is 35.5 Å². The number of hydrogen-bond acceptors (Lipinski definition) is 2. The fraction of sp³-hybridized carbons (Fsp3) is 0.111. The number of anilines is 1. The first-order valence-corrected chi connectivity index (χ1v) is 4.54. The molecule has 3 nitrogen and oxygen atoms in total. The molecule has 1 aromatic rings. The van der Waals surface area contributed by atoms with E-state index >= 15 is 0 Å². The second-order valence-corrected chi connectivity index (χ2v) is 3.32. The molecule has 0 aliphatic carbocycles. The Hall–Kier alpha value is -1.16. The van der Waals surface area contributed by atoms with Crippen LogP contribution in [0.3, 0.4) is 0 Å². The van der Waals surface area contributed by atoms with Crippen LogP contribution in [0.4, 0.5) is 5.82 Å². The van der Waals surface area contributed by atoms with Crippen LogP contribution in [0.25, 0.3) is 0 Å². The predicted octanol–water partition coefficient (Wildman–Crippen LogP) is 2.36. The summed E-state index contributed by atoms with van der Waals surface area (Å²) in [5.74, 6) is 0.444. The summed E-state index contributed by atoms with van der Waals surface area (Å²) < 4.78 is 0.884. The molecule has 0 radical (unpaired) electrons. The van der Waals surface area contributed by atoms with Gasteiger partial charge in [-0.3, -0.25) is 4.79 Å². The maximum Gasteiger partial charge on any atom is 0.229 e. The van der Waals surface area contributed by atoms with Crippen molar-refractivity contribution >= 4 is 27.7 Å². The smallest absolute Gasteiger partial charge is 0.229 e. The van der Waals surface area contributed by atoms with Crippen molar-refractivity contribution in [3.8, 4) is 0 Å². The van der Waals surface area contributed by atoms with E-state index in [0.717, 1.165) is 4.47 Å². The van der Waals surface area contributed by atoms with Crippen LogP contribution in [0.2, 0.25) is 0 Å². The molecule has 1 heterocycles. The molecule has 0 aromatic carbocycles. The SMILES string of the molecule is C=CCC(=O)Nc1ccc(Br)cn1. The van der Waals surface area contributed by atoms with E-state index in [1.807, 2.05) is 6.07 Å². The highest BCUT2D eigenvalue weighted by Gasteiger charge is 1.99. The molecule has 0 spiro atoms. The maximum absolute atomic E-state index is 11.1. The molecule has 1 N–H and O–H groups in total. The van der Waals surface area contributed by atoms with Crippen LogP contribution in [-0.2, 0) is 4.79 Å². The average molecular weight is 241 g/mol. The fourth-order valence-corrected chi connectivity index (χ4v) is 1.01. The van der Waals surface area contributed by atoms with Gasteiger partial charge in [0.05, 0.1) is 0 Å². The van der Waals surface area contributed by atoms with Gasteiger partial charge in [0.2, 0.25) is 5.91 Å². The van der Waals surface area contributed by atoms with Crippen LogP contribution >= 0.6 is 15.9 Å². The van der Waals surface area contributed by atoms with Crippen LogP contribution in [0.5, 0.6) is 0 Å². The number of nitrogens with zero attached hydrogens (tertiary/aromatic N) is 1. The molecule has 68 valence electrons. The minimum absolute atomic E-state index is 0.107. The maximum atomic E-state index is 11.1. The van der Waals surface area contributed by atoms with Crippen molar-refractivity contribution < 1.29 is 4.79 Å². The van der Waals surface area contributed by atoms with Crippen LogP contribution in [-0.4, -0.2) is 10.9 Å². The van der Waals surface area contributed by atoms with Crippen molar-refractivity contribution in [2.75, 3.05) is 5.32 Å². The molecule has 1 rings (SSSR count). The number of carbonyl (C=O) groups is 1. The molecule has 1 amide bonds. The van der Waals surface area contributed by atoms with Gasteiger partial charge >= 0.3 is 0 Å². The van der Waals surface area contributed by atoms with E-state index in [1.54, 1.807) is 18.3 Å². The Balaban J connectivity index is 2.59. The highest BCUT2D eigenvalue weighted by atomic mass is 79.9. The van der Waals surface area contributed by atoms with Crippen molar-refractivity contribution in [1.29, 1.82) is 0 Å². The molecule has 0 unspecified atom stereocenters. The molecule has 13 heavy (non-hydrogen) atoms. The quantitative estimate of drug-likeness (QED) is 0.825. The van der Waals surface area contributed by atoms with E-state index in [0.29, 0.717) is 12.2 Å². The van der Waals surface area contributed by atoms with Crippen LogP contribution < -0.4 is 5.32 Å². The third-order valence-corrected chi connectivity index (χ3v) is 1.79. The molecule has 1 aromatic heterocycles. The van der Waals surface area contributed by atoms with Gasteiger partial charge in [-0.15, -0.1) is 6.58 Å². The molecule has 0 aliphatic heterocycles. The topological polar surface area (TPSA) is 42.0 Å². The Morgan fingerprint density at radius 2 is 2.46 bits per heavy atom. The third kappa shape index (κ3) is 3.38. The average Bonchev–Trinajstić information content (AvgIpc) is 2.09. The second-order valence-electron chi connectivity index (χ2n) is 2.40. The number of aromatic nitrogens is 1. The van der Waals surface area contributed by atoms with Crippen LogP contribution in [0, 0.1) is 0 Å². The monoisotopic (exact) mass is 240 g/mol. The summed E-state index contributed by atoms with van der Waals surface area (Å²) in [6.45, 7) is 3.47. The Bertz CT molecular complexity index is 308. The Morgan fingerprint density at radius 1 is 1.69 bits per heavy atom. The number of halogens is 1. The van der Waals surface area contributed by atoms with Gasteiger partial charge in [-0.2, -0.15) is 0 Å². The summed E-state index contributed by atoms with van der Waals surface area (Å²) in [5.41, 5.74) is 0. The summed E-state index contributed by atoms with van der Waals surface area (Å²) in [7, 11) is 0. The molecule has 0 saturated carbocycles. The summed E-state index contributed by atoms with van der Waals surface area (Å²) >= 11 is 3.25. The van der Waals surface area contributed by atoms with Gasteiger partial charge in [-0.25, -0.2) is 4.98 Å². The number of nitrogens with one attached hydrogen (secondary N) is 1. The first kappa shape index (κ1) is 9.92. The van der Waals surface area contributed by atoms with Gasteiger partial charge in [0, 0.05) is 17.1 Å². The second kappa shape index (κ2) is 4.77. The first-order chi connectivity index (χ1) is 6.22. The minimum atomic E-state index is -0.107. The number of carbonyl (C=O) groups excluding carboxylic acids is 1. The number of pyridine rings is 1. The summed E-state index contributed by atoms with van der Waals surface area (Å²) in [6.07, 6.45) is 3.48. The molecule has 0 saturated heterocycles.